The summed E-state index contributed by atoms with van der Waals surface area (Å²) in [6.07, 6.45) is 2.84. The Morgan fingerprint density at radius 2 is 2.09 bits per heavy atom. The van der Waals surface area contributed by atoms with Crippen molar-refractivity contribution in [2.24, 2.45) is 0 Å². The molecular weight excluding hydrogens is 467 g/mol. The fraction of sp³-hybridized carbons (Fsp3) is 0.409. The molecule has 35 heavy (non-hydrogen) atoms. The Kier molecular flexibility index (Phi) is 7.32. The smallest absolute Gasteiger partial charge is 0.255 e. The molecule has 1 amide bonds. The number of rotatable bonds is 11. The van der Waals surface area contributed by atoms with Crippen LogP contribution in [0.1, 0.15) is 41.0 Å². The molecule has 4 rings (SSSR count). The van der Waals surface area contributed by atoms with Crippen molar-refractivity contribution >= 4 is 18.0 Å². The number of carbonyl (C=O) groups excluding carboxylic acids is 2. The van der Waals surface area contributed by atoms with Gasteiger partial charge in [-0.3, -0.25) is 14.6 Å². The second kappa shape index (κ2) is 10.6. The molecule has 0 spiro atoms. The van der Waals surface area contributed by atoms with Gasteiger partial charge in [0.1, 0.15) is 23.7 Å². The SMILES string of the molecule is O=Cc1cn(CC(F)CCc2ccc(NC(=O)Cc3cncc(OC4CC(F)(F)C4)c3)nn2)nn1. The van der Waals surface area contributed by atoms with Gasteiger partial charge < -0.3 is 10.1 Å². The largest absolute Gasteiger partial charge is 0.488 e. The Hall–Kier alpha value is -3.90. The van der Waals surface area contributed by atoms with E-state index in [4.69, 9.17) is 4.74 Å². The minimum absolute atomic E-state index is 0.0217. The molecule has 1 saturated carbocycles. The van der Waals surface area contributed by atoms with E-state index in [9.17, 15) is 22.8 Å². The number of nitrogens with zero attached hydrogens (tertiary/aromatic N) is 6. The quantitative estimate of drug-likeness (QED) is 0.408. The monoisotopic (exact) mass is 489 g/mol. The first kappa shape index (κ1) is 24.2. The number of ether oxygens (including phenoxy) is 1. The van der Waals surface area contributed by atoms with Crippen LogP contribution in [-0.2, 0) is 24.2 Å². The summed E-state index contributed by atoms with van der Waals surface area (Å²) in [6, 6.07) is 4.79. The van der Waals surface area contributed by atoms with Gasteiger partial charge in [-0.15, -0.1) is 10.2 Å². The second-order valence-corrected chi connectivity index (χ2v) is 8.29. The normalized spacial score (nSPS) is 15.7. The lowest BCUT2D eigenvalue weighted by Crippen LogP contribution is -2.43. The van der Waals surface area contributed by atoms with Crippen molar-refractivity contribution in [3.63, 3.8) is 0 Å². The van der Waals surface area contributed by atoms with Crippen LogP contribution in [0.15, 0.2) is 36.8 Å². The van der Waals surface area contributed by atoms with Crippen LogP contribution in [0.25, 0.3) is 0 Å². The highest BCUT2D eigenvalue weighted by molar-refractivity contribution is 5.91. The summed E-state index contributed by atoms with van der Waals surface area (Å²) in [5.74, 6) is -2.48. The molecule has 1 aliphatic carbocycles. The Bertz CT molecular complexity index is 1170. The average molecular weight is 489 g/mol. The molecule has 3 heterocycles. The Morgan fingerprint density at radius 3 is 2.77 bits per heavy atom. The number of aryl methyl sites for hydroxylation is 1. The van der Waals surface area contributed by atoms with Gasteiger partial charge >= 0.3 is 0 Å². The number of hydrogen-bond acceptors (Lipinski definition) is 8. The van der Waals surface area contributed by atoms with Crippen molar-refractivity contribution in [1.29, 1.82) is 0 Å². The molecule has 1 atom stereocenters. The molecule has 1 aliphatic rings. The number of pyridine rings is 1. The van der Waals surface area contributed by atoms with E-state index < -0.39 is 18.2 Å². The third-order valence-electron chi connectivity index (χ3n) is 5.25. The minimum atomic E-state index is -2.68. The van der Waals surface area contributed by atoms with Crippen molar-refractivity contribution in [2.75, 3.05) is 5.32 Å². The first-order valence-corrected chi connectivity index (χ1v) is 10.9. The van der Waals surface area contributed by atoms with Crippen molar-refractivity contribution in [3.05, 3.63) is 53.7 Å². The summed E-state index contributed by atoms with van der Waals surface area (Å²) in [6.45, 7) is -0.0311. The molecule has 1 fully saturated rings. The number of aldehydes is 1. The maximum absolute atomic E-state index is 14.2. The van der Waals surface area contributed by atoms with E-state index in [1.54, 1.807) is 18.2 Å². The predicted octanol–water partition coefficient (Wildman–Crippen LogP) is 2.60. The number of carbonyl (C=O) groups is 2. The summed E-state index contributed by atoms with van der Waals surface area (Å²) in [5.41, 5.74) is 1.24. The van der Waals surface area contributed by atoms with E-state index in [2.05, 4.69) is 30.8 Å². The first-order valence-electron chi connectivity index (χ1n) is 10.9. The number of aromatic nitrogens is 6. The van der Waals surface area contributed by atoms with Gasteiger partial charge in [0.2, 0.25) is 5.91 Å². The summed E-state index contributed by atoms with van der Waals surface area (Å²) in [7, 11) is 0. The molecule has 3 aromatic rings. The predicted molar refractivity (Wildman–Crippen MR) is 116 cm³/mol. The van der Waals surface area contributed by atoms with Crippen molar-refractivity contribution in [1.82, 2.24) is 30.2 Å². The standard InChI is InChI=1S/C22H22F3N7O3/c23-15(11-32-12-17(13-33)29-31-32)1-2-16-3-4-20(30-28-16)27-21(34)6-14-5-18(10-26-9-14)35-19-7-22(24,25)8-19/h3-5,9-10,12-13,15,19H,1-2,6-8,11H2,(H,27,30,34). The molecule has 10 nitrogen and oxygen atoms in total. The first-order chi connectivity index (χ1) is 16.8. The van der Waals surface area contributed by atoms with Gasteiger partial charge in [0.15, 0.2) is 12.1 Å². The van der Waals surface area contributed by atoms with E-state index in [-0.39, 0.29) is 49.6 Å². The fourth-order valence-corrected chi connectivity index (χ4v) is 3.49. The highest BCUT2D eigenvalue weighted by Gasteiger charge is 2.47. The Labute approximate surface area is 197 Å². The van der Waals surface area contributed by atoms with Crippen molar-refractivity contribution in [2.45, 2.75) is 56.8 Å². The van der Waals surface area contributed by atoms with Crippen LogP contribution in [0.3, 0.4) is 0 Å². The van der Waals surface area contributed by atoms with Crippen LogP contribution in [0, 0.1) is 0 Å². The van der Waals surface area contributed by atoms with Gasteiger partial charge in [-0.25, -0.2) is 17.9 Å². The van der Waals surface area contributed by atoms with Crippen LogP contribution in [0.2, 0.25) is 0 Å². The number of amides is 1. The van der Waals surface area contributed by atoms with E-state index in [0.717, 1.165) is 0 Å². The second-order valence-electron chi connectivity index (χ2n) is 8.29. The molecule has 0 radical (unpaired) electrons. The topological polar surface area (TPSA) is 125 Å². The molecule has 184 valence electrons. The van der Waals surface area contributed by atoms with E-state index in [0.29, 0.717) is 29.7 Å². The average Bonchev–Trinajstić information content (AvgIpc) is 3.25. The number of halogens is 3. The maximum Gasteiger partial charge on any atom is 0.255 e. The van der Waals surface area contributed by atoms with Gasteiger partial charge in [0, 0.05) is 19.0 Å². The highest BCUT2D eigenvalue weighted by Crippen LogP contribution is 2.39. The van der Waals surface area contributed by atoms with E-state index in [1.165, 1.54) is 23.3 Å². The molecule has 0 aromatic carbocycles. The summed E-state index contributed by atoms with van der Waals surface area (Å²) < 4.78 is 46.8. The zero-order valence-electron chi connectivity index (χ0n) is 18.5. The molecule has 1 N–H and O–H groups in total. The van der Waals surface area contributed by atoms with Gasteiger partial charge in [-0.1, -0.05) is 5.21 Å². The molecule has 3 aromatic heterocycles. The van der Waals surface area contributed by atoms with Crippen LogP contribution < -0.4 is 10.1 Å². The lowest BCUT2D eigenvalue weighted by molar-refractivity contribution is -0.134. The molecule has 1 unspecified atom stereocenters. The van der Waals surface area contributed by atoms with Gasteiger partial charge in [-0.05, 0) is 36.6 Å². The van der Waals surface area contributed by atoms with Gasteiger partial charge in [-0.2, -0.15) is 5.10 Å². The molecule has 0 bridgehead atoms. The summed E-state index contributed by atoms with van der Waals surface area (Å²) >= 11 is 0. The van der Waals surface area contributed by atoms with Gasteiger partial charge in [0.25, 0.3) is 5.92 Å². The number of alkyl halides is 3. The number of hydrogen-bond donors (Lipinski definition) is 1. The third kappa shape index (κ3) is 7.04. The van der Waals surface area contributed by atoms with Crippen molar-refractivity contribution in [3.8, 4) is 5.75 Å². The Balaban J connectivity index is 1.21. The zero-order valence-corrected chi connectivity index (χ0v) is 18.5. The molecular formula is C22H22F3N7O3. The van der Waals surface area contributed by atoms with Crippen LogP contribution >= 0.6 is 0 Å². The maximum atomic E-state index is 14.2. The van der Waals surface area contributed by atoms with Gasteiger partial charge in [0.05, 0.1) is 31.1 Å². The van der Waals surface area contributed by atoms with E-state index in [1.807, 2.05) is 0 Å². The van der Waals surface area contributed by atoms with E-state index >= 15 is 0 Å². The Morgan fingerprint density at radius 1 is 1.26 bits per heavy atom. The third-order valence-corrected chi connectivity index (χ3v) is 5.25. The van der Waals surface area contributed by atoms with Crippen LogP contribution in [-0.4, -0.2) is 60.6 Å². The minimum Gasteiger partial charge on any atom is -0.488 e. The lowest BCUT2D eigenvalue weighted by Gasteiger charge is -2.34. The molecule has 0 aliphatic heterocycles. The zero-order chi connectivity index (χ0) is 24.8. The number of anilines is 1. The van der Waals surface area contributed by atoms with Crippen molar-refractivity contribution < 1.29 is 27.5 Å². The lowest BCUT2D eigenvalue weighted by atomic mass is 9.91. The molecule has 0 saturated heterocycles. The number of nitrogens with one attached hydrogen (secondary N) is 1. The van der Waals surface area contributed by atoms with Crippen LogP contribution in [0.5, 0.6) is 5.75 Å². The van der Waals surface area contributed by atoms with Crippen LogP contribution in [0.4, 0.5) is 19.0 Å². The summed E-state index contributed by atoms with van der Waals surface area (Å²) in [4.78, 5) is 26.9. The molecule has 13 heteroatoms. The highest BCUT2D eigenvalue weighted by atomic mass is 19.3. The summed E-state index contributed by atoms with van der Waals surface area (Å²) in [5, 5.41) is 17.8. The fourth-order valence-electron chi connectivity index (χ4n) is 3.49.